The van der Waals surface area contributed by atoms with E-state index in [1.807, 2.05) is 28.9 Å². The number of aryl methyl sites for hydroxylation is 1. The van der Waals surface area contributed by atoms with Crippen molar-refractivity contribution in [2.24, 2.45) is 5.73 Å². The zero-order valence-electron chi connectivity index (χ0n) is 10.0. The summed E-state index contributed by atoms with van der Waals surface area (Å²) in [5, 5.41) is 5.25. The highest BCUT2D eigenvalue weighted by molar-refractivity contribution is 6.30. The molecule has 0 fully saturated rings. The van der Waals surface area contributed by atoms with Crippen LogP contribution in [0.15, 0.2) is 24.3 Å². The van der Waals surface area contributed by atoms with E-state index in [1.165, 1.54) is 0 Å². The van der Waals surface area contributed by atoms with E-state index >= 15 is 0 Å². The van der Waals surface area contributed by atoms with Gasteiger partial charge in [0, 0.05) is 18.0 Å². The van der Waals surface area contributed by atoms with Crippen LogP contribution in [0.1, 0.15) is 36.1 Å². The number of hydrogen-bond donors (Lipinski definition) is 1. The Morgan fingerprint density at radius 2 is 2.33 bits per heavy atom. The van der Waals surface area contributed by atoms with Crippen LogP contribution in [0.4, 0.5) is 0 Å². The first kappa shape index (κ1) is 11.7. The Hall–Kier alpha value is -1.39. The molecule has 0 saturated carbocycles. The molecule has 1 aromatic carbocycles. The molecule has 3 rings (SSSR count). The smallest absolute Gasteiger partial charge is 0.155 e. The zero-order chi connectivity index (χ0) is 12.5. The third-order valence-corrected chi connectivity index (χ3v) is 3.45. The molecule has 1 aromatic heterocycles. The number of fused-ring (bicyclic) bond motifs is 1. The predicted molar refractivity (Wildman–Crippen MR) is 70.4 cm³/mol. The predicted octanol–water partition coefficient (Wildman–Crippen LogP) is 2.32. The molecule has 1 atom stereocenters. The van der Waals surface area contributed by atoms with Crippen molar-refractivity contribution in [1.82, 2.24) is 14.8 Å². The summed E-state index contributed by atoms with van der Waals surface area (Å²) in [5.74, 6) is 1.74. The van der Waals surface area contributed by atoms with E-state index in [9.17, 15) is 0 Å². The summed E-state index contributed by atoms with van der Waals surface area (Å²) in [4.78, 5) is 4.54. The van der Waals surface area contributed by atoms with Crippen molar-refractivity contribution < 1.29 is 0 Å². The van der Waals surface area contributed by atoms with Crippen LogP contribution in [0, 0.1) is 0 Å². The monoisotopic (exact) mass is 262 g/mol. The second-order valence-electron chi connectivity index (χ2n) is 4.66. The fourth-order valence-corrected chi connectivity index (χ4v) is 2.55. The lowest BCUT2D eigenvalue weighted by molar-refractivity contribution is 0.421. The minimum Gasteiger partial charge on any atom is -0.321 e. The summed E-state index contributed by atoms with van der Waals surface area (Å²) in [6.45, 7) is 0.922. The highest BCUT2D eigenvalue weighted by Gasteiger charge is 2.20. The lowest BCUT2D eigenvalue weighted by Gasteiger charge is -2.17. The number of halogens is 1. The highest BCUT2D eigenvalue weighted by Crippen LogP contribution is 2.21. The van der Waals surface area contributed by atoms with Crippen LogP contribution in [0.25, 0.3) is 0 Å². The Morgan fingerprint density at radius 1 is 1.44 bits per heavy atom. The lowest BCUT2D eigenvalue weighted by atomic mass is 10.1. The molecule has 0 amide bonds. The molecule has 18 heavy (non-hydrogen) atoms. The van der Waals surface area contributed by atoms with Crippen molar-refractivity contribution >= 4 is 11.6 Å². The van der Waals surface area contributed by atoms with Gasteiger partial charge in [-0.3, -0.25) is 0 Å². The minimum atomic E-state index is 0.0272. The van der Waals surface area contributed by atoms with Crippen LogP contribution < -0.4 is 5.73 Å². The van der Waals surface area contributed by atoms with Crippen molar-refractivity contribution in [2.45, 2.75) is 31.8 Å². The Balaban J connectivity index is 1.85. The first-order chi connectivity index (χ1) is 8.72. The maximum atomic E-state index is 6.03. The van der Waals surface area contributed by atoms with Gasteiger partial charge in [0.25, 0.3) is 0 Å². The average molecular weight is 263 g/mol. The van der Waals surface area contributed by atoms with Crippen molar-refractivity contribution in [1.29, 1.82) is 0 Å². The molecular weight excluding hydrogens is 248 g/mol. The highest BCUT2D eigenvalue weighted by atomic mass is 35.5. The maximum absolute atomic E-state index is 6.03. The van der Waals surface area contributed by atoms with E-state index in [2.05, 4.69) is 10.1 Å². The average Bonchev–Trinajstić information content (AvgIpc) is 2.73. The van der Waals surface area contributed by atoms with E-state index in [-0.39, 0.29) is 6.04 Å². The van der Waals surface area contributed by atoms with Gasteiger partial charge in [-0.25, -0.2) is 9.67 Å². The molecule has 5 heteroatoms. The standard InChI is InChI=1S/C13H15ClN4/c14-10-4-1-3-9(7-10)8-12-16-13-11(15)5-2-6-18(13)17-12/h1,3-4,7,11H,2,5-6,8,15H2. The van der Waals surface area contributed by atoms with Gasteiger partial charge in [-0.05, 0) is 30.5 Å². The van der Waals surface area contributed by atoms with Gasteiger partial charge < -0.3 is 5.73 Å². The second-order valence-corrected chi connectivity index (χ2v) is 5.10. The lowest BCUT2D eigenvalue weighted by Crippen LogP contribution is -2.22. The Labute approximate surface area is 111 Å². The first-order valence-corrected chi connectivity index (χ1v) is 6.54. The van der Waals surface area contributed by atoms with Crippen LogP contribution in [-0.4, -0.2) is 14.8 Å². The number of nitrogens with zero attached hydrogens (tertiary/aromatic N) is 3. The molecule has 0 bridgehead atoms. The van der Waals surface area contributed by atoms with Crippen molar-refractivity contribution in [3.63, 3.8) is 0 Å². The summed E-state index contributed by atoms with van der Waals surface area (Å²) < 4.78 is 1.94. The number of nitrogens with two attached hydrogens (primary N) is 1. The van der Waals surface area contributed by atoms with Crippen LogP contribution >= 0.6 is 11.6 Å². The molecule has 2 heterocycles. The molecule has 1 aliphatic heterocycles. The normalized spacial score (nSPS) is 18.7. The largest absolute Gasteiger partial charge is 0.321 e. The SMILES string of the molecule is NC1CCCn2nc(Cc3cccc(Cl)c3)nc21. The Bertz CT molecular complexity index is 564. The zero-order valence-corrected chi connectivity index (χ0v) is 10.8. The Kier molecular flexibility index (Phi) is 3.06. The molecule has 0 saturated heterocycles. The number of rotatable bonds is 2. The maximum Gasteiger partial charge on any atom is 0.155 e. The summed E-state index contributed by atoms with van der Waals surface area (Å²) >= 11 is 5.97. The van der Waals surface area contributed by atoms with E-state index in [0.717, 1.165) is 41.6 Å². The van der Waals surface area contributed by atoms with E-state index in [1.54, 1.807) is 0 Å². The molecule has 2 N–H and O–H groups in total. The summed E-state index contributed by atoms with van der Waals surface area (Å²) in [5.41, 5.74) is 7.16. The summed E-state index contributed by atoms with van der Waals surface area (Å²) in [6.07, 6.45) is 2.77. The van der Waals surface area contributed by atoms with Crippen molar-refractivity contribution in [2.75, 3.05) is 0 Å². The second kappa shape index (κ2) is 4.71. The fourth-order valence-electron chi connectivity index (χ4n) is 2.34. The third kappa shape index (κ3) is 2.26. The third-order valence-electron chi connectivity index (χ3n) is 3.21. The summed E-state index contributed by atoms with van der Waals surface area (Å²) in [7, 11) is 0. The fraction of sp³-hybridized carbons (Fsp3) is 0.385. The molecular formula is C13H15ClN4. The van der Waals surface area contributed by atoms with Crippen LogP contribution in [0.5, 0.6) is 0 Å². The van der Waals surface area contributed by atoms with Crippen LogP contribution in [0.2, 0.25) is 5.02 Å². The molecule has 0 spiro atoms. The molecule has 0 radical (unpaired) electrons. The van der Waals surface area contributed by atoms with Gasteiger partial charge >= 0.3 is 0 Å². The summed E-state index contributed by atoms with van der Waals surface area (Å²) in [6, 6.07) is 7.82. The van der Waals surface area contributed by atoms with Gasteiger partial charge in [-0.2, -0.15) is 5.10 Å². The number of hydrogen-bond acceptors (Lipinski definition) is 3. The van der Waals surface area contributed by atoms with Crippen LogP contribution in [0.3, 0.4) is 0 Å². The van der Waals surface area contributed by atoms with Crippen molar-refractivity contribution in [3.05, 3.63) is 46.5 Å². The molecule has 94 valence electrons. The number of aromatic nitrogens is 3. The van der Waals surface area contributed by atoms with E-state index in [4.69, 9.17) is 17.3 Å². The van der Waals surface area contributed by atoms with E-state index in [0.29, 0.717) is 6.42 Å². The van der Waals surface area contributed by atoms with Gasteiger partial charge in [0.1, 0.15) is 5.82 Å². The first-order valence-electron chi connectivity index (χ1n) is 6.16. The molecule has 1 unspecified atom stereocenters. The molecule has 1 aliphatic rings. The quantitative estimate of drug-likeness (QED) is 0.904. The molecule has 0 aliphatic carbocycles. The minimum absolute atomic E-state index is 0.0272. The molecule has 2 aromatic rings. The topological polar surface area (TPSA) is 56.7 Å². The van der Waals surface area contributed by atoms with Gasteiger partial charge in [0.15, 0.2) is 5.82 Å². The molecule has 4 nitrogen and oxygen atoms in total. The van der Waals surface area contributed by atoms with Gasteiger partial charge in [0.2, 0.25) is 0 Å². The number of benzene rings is 1. The van der Waals surface area contributed by atoms with Gasteiger partial charge in [-0.1, -0.05) is 23.7 Å². The van der Waals surface area contributed by atoms with Crippen molar-refractivity contribution in [3.8, 4) is 0 Å². The van der Waals surface area contributed by atoms with Crippen LogP contribution in [-0.2, 0) is 13.0 Å². The van der Waals surface area contributed by atoms with E-state index < -0.39 is 0 Å². The Morgan fingerprint density at radius 3 is 3.11 bits per heavy atom. The van der Waals surface area contributed by atoms with Gasteiger partial charge in [-0.15, -0.1) is 0 Å². The van der Waals surface area contributed by atoms with Gasteiger partial charge in [0.05, 0.1) is 6.04 Å².